The summed E-state index contributed by atoms with van der Waals surface area (Å²) in [5, 5.41) is 11.2. The van der Waals surface area contributed by atoms with Gasteiger partial charge < -0.3 is 19.3 Å². The number of fused-ring (bicyclic) bond motifs is 1. The molecule has 0 spiro atoms. The predicted molar refractivity (Wildman–Crippen MR) is 84.6 cm³/mol. The second-order valence-electron chi connectivity index (χ2n) is 6.46. The zero-order chi connectivity index (χ0) is 15.9. The van der Waals surface area contributed by atoms with Gasteiger partial charge in [-0.15, -0.1) is 0 Å². The molecule has 1 aliphatic rings. The molecule has 0 amide bonds. The third-order valence-corrected chi connectivity index (χ3v) is 4.94. The van der Waals surface area contributed by atoms with Gasteiger partial charge in [-0.3, -0.25) is 0 Å². The summed E-state index contributed by atoms with van der Waals surface area (Å²) in [7, 11) is 2.21. The molecule has 5 heteroatoms. The van der Waals surface area contributed by atoms with Crippen molar-refractivity contribution in [1.82, 2.24) is 0 Å². The first-order valence-electron chi connectivity index (χ1n) is 7.87. The quantitative estimate of drug-likeness (QED) is 0.626. The first kappa shape index (κ1) is 15.1. The van der Waals surface area contributed by atoms with Crippen LogP contribution in [0.15, 0.2) is 21.3 Å². The van der Waals surface area contributed by atoms with Gasteiger partial charge in [0.2, 0.25) is 0 Å². The van der Waals surface area contributed by atoms with E-state index in [2.05, 4.69) is 7.05 Å². The second kappa shape index (κ2) is 5.74. The Morgan fingerprint density at radius 2 is 1.82 bits per heavy atom. The Bertz CT molecular complexity index is 759. The number of quaternary nitrogens is 2. The Hall–Kier alpha value is -1.85. The lowest BCUT2D eigenvalue weighted by Crippen LogP contribution is -3.26. The fraction of sp³-hybridized carbons (Fsp3) is 0.471. The number of hydrogen-bond donors (Lipinski definition) is 3. The molecule has 0 radical (unpaired) electrons. The van der Waals surface area contributed by atoms with Gasteiger partial charge in [0.25, 0.3) is 0 Å². The molecule has 2 heterocycles. The molecule has 3 N–H and O–H groups in total. The summed E-state index contributed by atoms with van der Waals surface area (Å²) in [6.45, 7) is 8.80. The Morgan fingerprint density at radius 1 is 1.14 bits per heavy atom. The molecule has 0 atom stereocenters. The topological polar surface area (TPSA) is 59.3 Å². The van der Waals surface area contributed by atoms with Gasteiger partial charge in [-0.2, -0.15) is 0 Å². The number of aromatic hydroxyl groups is 1. The van der Waals surface area contributed by atoms with Crippen molar-refractivity contribution in [3.8, 4) is 5.75 Å². The van der Waals surface area contributed by atoms with Gasteiger partial charge in [-0.25, -0.2) is 4.79 Å². The maximum Gasteiger partial charge on any atom is 0.339 e. The van der Waals surface area contributed by atoms with Crippen LogP contribution in [0.2, 0.25) is 0 Å². The predicted octanol–water partition coefficient (Wildman–Crippen LogP) is -0.971. The lowest BCUT2D eigenvalue weighted by Gasteiger charge is -2.27. The van der Waals surface area contributed by atoms with Crippen LogP contribution in [-0.2, 0) is 6.54 Å². The van der Waals surface area contributed by atoms with Crippen LogP contribution >= 0.6 is 0 Å². The molecular weight excluding hydrogens is 280 g/mol. The lowest BCUT2D eigenvalue weighted by atomic mass is 10.0. The van der Waals surface area contributed by atoms with E-state index < -0.39 is 0 Å². The van der Waals surface area contributed by atoms with Gasteiger partial charge in [0.05, 0.1) is 12.6 Å². The average molecular weight is 304 g/mol. The number of aryl methyl sites for hydroxylation is 1. The fourth-order valence-electron chi connectivity index (χ4n) is 3.18. The van der Waals surface area contributed by atoms with Gasteiger partial charge in [0, 0.05) is 10.9 Å². The van der Waals surface area contributed by atoms with Crippen molar-refractivity contribution >= 4 is 11.0 Å². The summed E-state index contributed by atoms with van der Waals surface area (Å²) in [6.07, 6.45) is 0. The third kappa shape index (κ3) is 2.62. The van der Waals surface area contributed by atoms with Crippen LogP contribution in [0.25, 0.3) is 11.0 Å². The standard InChI is InChI=1S/C17H22N2O3/c1-11-12(2)17(21)22-16-13(11)4-5-15(20)14(16)10-19-8-6-18(3)7-9-19/h4-5,20H,6-10H2,1-3H3/p+2. The maximum atomic E-state index is 12.0. The van der Waals surface area contributed by atoms with E-state index in [1.165, 1.54) is 4.90 Å². The van der Waals surface area contributed by atoms with E-state index in [4.69, 9.17) is 4.42 Å². The van der Waals surface area contributed by atoms with Crippen molar-refractivity contribution in [1.29, 1.82) is 0 Å². The van der Waals surface area contributed by atoms with Gasteiger partial charge in [0.15, 0.2) is 5.58 Å². The molecule has 1 saturated heterocycles. The largest absolute Gasteiger partial charge is 0.507 e. The number of likely N-dealkylation sites (N-methyl/N-ethyl adjacent to an activating group) is 1. The molecule has 22 heavy (non-hydrogen) atoms. The Morgan fingerprint density at radius 3 is 2.50 bits per heavy atom. The minimum Gasteiger partial charge on any atom is -0.507 e. The van der Waals surface area contributed by atoms with E-state index in [9.17, 15) is 9.90 Å². The molecule has 0 saturated carbocycles. The van der Waals surface area contributed by atoms with E-state index in [0.29, 0.717) is 17.7 Å². The molecule has 0 bridgehead atoms. The third-order valence-electron chi connectivity index (χ3n) is 4.94. The number of piperazine rings is 1. The highest BCUT2D eigenvalue weighted by atomic mass is 16.4. The lowest BCUT2D eigenvalue weighted by molar-refractivity contribution is -1.01. The van der Waals surface area contributed by atoms with Gasteiger partial charge in [0.1, 0.15) is 38.5 Å². The smallest absolute Gasteiger partial charge is 0.339 e. The average Bonchev–Trinajstić information content (AvgIpc) is 2.50. The fourth-order valence-corrected chi connectivity index (χ4v) is 3.18. The molecule has 3 rings (SSSR count). The monoisotopic (exact) mass is 304 g/mol. The normalized spacial score (nSPS) is 22.1. The summed E-state index contributed by atoms with van der Waals surface area (Å²) in [6, 6.07) is 3.55. The van der Waals surface area contributed by atoms with Gasteiger partial charge >= 0.3 is 5.63 Å². The molecule has 0 unspecified atom stereocenters. The second-order valence-corrected chi connectivity index (χ2v) is 6.46. The Labute approximate surface area is 129 Å². The Kier molecular flexibility index (Phi) is 3.93. The van der Waals surface area contributed by atoms with Crippen LogP contribution in [0.5, 0.6) is 5.75 Å². The highest BCUT2D eigenvalue weighted by molar-refractivity contribution is 5.85. The SMILES string of the molecule is Cc1c(C)c2ccc(O)c(C[NH+]3CC[NH+](C)CC3)c2oc1=O. The summed E-state index contributed by atoms with van der Waals surface area (Å²) >= 11 is 0. The van der Waals surface area contributed by atoms with Gasteiger partial charge in [-0.1, -0.05) is 0 Å². The molecule has 1 aliphatic heterocycles. The summed E-state index contributed by atoms with van der Waals surface area (Å²) in [5.41, 5.74) is 2.57. The van der Waals surface area contributed by atoms with Crippen LogP contribution in [0.3, 0.4) is 0 Å². The molecule has 1 fully saturated rings. The highest BCUT2D eigenvalue weighted by Gasteiger charge is 2.23. The van der Waals surface area contributed by atoms with Crippen LogP contribution in [0.1, 0.15) is 16.7 Å². The zero-order valence-electron chi connectivity index (χ0n) is 13.5. The van der Waals surface area contributed by atoms with E-state index in [-0.39, 0.29) is 11.4 Å². The summed E-state index contributed by atoms with van der Waals surface area (Å²) < 4.78 is 5.51. The van der Waals surface area contributed by atoms with Crippen LogP contribution in [0, 0.1) is 13.8 Å². The van der Waals surface area contributed by atoms with Crippen molar-refractivity contribution in [2.45, 2.75) is 20.4 Å². The molecule has 1 aromatic heterocycles. The number of nitrogens with one attached hydrogen (secondary N) is 2. The van der Waals surface area contributed by atoms with Crippen LogP contribution < -0.4 is 15.4 Å². The van der Waals surface area contributed by atoms with E-state index in [1.54, 1.807) is 17.9 Å². The van der Waals surface area contributed by atoms with E-state index >= 15 is 0 Å². The summed E-state index contributed by atoms with van der Waals surface area (Å²) in [4.78, 5) is 15.0. The number of rotatable bonds is 2. The number of phenolic OH excluding ortho intramolecular Hbond substituents is 1. The number of phenols is 1. The van der Waals surface area contributed by atoms with Crippen molar-refractivity contribution in [3.63, 3.8) is 0 Å². The summed E-state index contributed by atoms with van der Waals surface area (Å²) in [5.74, 6) is 0.220. The number of hydrogen-bond acceptors (Lipinski definition) is 3. The first-order chi connectivity index (χ1) is 10.5. The molecule has 0 aliphatic carbocycles. The minimum atomic E-state index is -0.310. The van der Waals surface area contributed by atoms with Crippen LogP contribution in [-0.4, -0.2) is 38.3 Å². The molecule has 118 valence electrons. The van der Waals surface area contributed by atoms with Gasteiger partial charge in [-0.05, 0) is 31.5 Å². The van der Waals surface area contributed by atoms with Crippen molar-refractivity contribution in [3.05, 3.63) is 39.2 Å². The number of benzene rings is 1. The molecule has 1 aromatic carbocycles. The zero-order valence-corrected chi connectivity index (χ0v) is 13.5. The first-order valence-corrected chi connectivity index (χ1v) is 7.87. The highest BCUT2D eigenvalue weighted by Crippen LogP contribution is 2.28. The molecule has 2 aromatic rings. The minimum absolute atomic E-state index is 0.220. The van der Waals surface area contributed by atoms with Crippen molar-refractivity contribution in [2.24, 2.45) is 0 Å². The molecule has 5 nitrogen and oxygen atoms in total. The van der Waals surface area contributed by atoms with Crippen molar-refractivity contribution < 1.29 is 19.3 Å². The van der Waals surface area contributed by atoms with E-state index in [0.717, 1.165) is 42.7 Å². The van der Waals surface area contributed by atoms with Crippen molar-refractivity contribution in [2.75, 3.05) is 33.2 Å². The maximum absolute atomic E-state index is 12.0. The van der Waals surface area contributed by atoms with Crippen LogP contribution in [0.4, 0.5) is 0 Å². The van der Waals surface area contributed by atoms with E-state index in [1.807, 2.05) is 13.0 Å². The Balaban J connectivity index is 2.05. The molecular formula is C17H24N2O3+2.